The van der Waals surface area contributed by atoms with Gasteiger partial charge in [0, 0.05) is 62.1 Å². The first kappa shape index (κ1) is 48.9. The van der Waals surface area contributed by atoms with Crippen molar-refractivity contribution in [2.75, 3.05) is 58.0 Å². The fraction of sp³-hybridized carbons (Fsp3) is 0.471. The van der Waals surface area contributed by atoms with Crippen molar-refractivity contribution in [2.24, 2.45) is 11.8 Å². The fourth-order valence-corrected chi connectivity index (χ4v) is 9.76. The molecule has 17 nitrogen and oxygen atoms in total. The molecule has 366 valence electrons. The number of imide groups is 2. The largest absolute Gasteiger partial charge is 0.490 e. The fourth-order valence-electron chi connectivity index (χ4n) is 9.76. The molecule has 2 unspecified atom stereocenters. The third-order valence-electron chi connectivity index (χ3n) is 13.6. The van der Waals surface area contributed by atoms with Gasteiger partial charge in [-0.25, -0.2) is 4.39 Å². The Morgan fingerprint density at radius 1 is 0.884 bits per heavy atom. The summed E-state index contributed by atoms with van der Waals surface area (Å²) in [5.74, 6) is -1.80. The highest BCUT2D eigenvalue weighted by atomic mass is 19.1. The molecular weight excluding hydrogens is 892 g/mol. The van der Waals surface area contributed by atoms with Crippen LogP contribution in [0.4, 0.5) is 10.1 Å². The topological polar surface area (TPSA) is 215 Å². The summed E-state index contributed by atoms with van der Waals surface area (Å²) in [5.41, 5.74) is 2.78. The second-order valence-corrected chi connectivity index (χ2v) is 18.1. The first-order valence-electron chi connectivity index (χ1n) is 23.9. The molecule has 3 aromatic carbocycles. The molecule has 8 rings (SSSR count). The number of halogens is 1. The van der Waals surface area contributed by atoms with Gasteiger partial charge < -0.3 is 39.6 Å². The van der Waals surface area contributed by atoms with Gasteiger partial charge in [-0.3, -0.25) is 44.0 Å². The van der Waals surface area contributed by atoms with Crippen molar-refractivity contribution in [2.45, 2.75) is 89.0 Å². The lowest BCUT2D eigenvalue weighted by Gasteiger charge is -2.35. The Kier molecular flexibility index (Phi) is 16.1. The summed E-state index contributed by atoms with van der Waals surface area (Å²) < 4.78 is 37.0. The van der Waals surface area contributed by atoms with Crippen LogP contribution >= 0.6 is 0 Å². The number of nitrogens with one attached hydrogen (secondary N) is 3. The molecule has 18 heteroatoms. The summed E-state index contributed by atoms with van der Waals surface area (Å²) in [6.45, 7) is 3.98. The van der Waals surface area contributed by atoms with E-state index in [1.54, 1.807) is 12.1 Å². The molecule has 4 aliphatic rings. The number of pyridine rings is 1. The number of fused-ring (bicyclic) bond motifs is 2. The number of anilines is 1. The number of aliphatic hydroxyl groups excluding tert-OH is 1. The number of aliphatic hydroxyl groups is 1. The van der Waals surface area contributed by atoms with Gasteiger partial charge in [-0.2, -0.15) is 0 Å². The number of hydrogen-bond acceptors (Lipinski definition) is 13. The van der Waals surface area contributed by atoms with Crippen molar-refractivity contribution in [3.8, 4) is 11.5 Å². The average molecular weight is 951 g/mol. The minimum Gasteiger partial charge on any atom is -0.490 e. The van der Waals surface area contributed by atoms with Gasteiger partial charge in [-0.1, -0.05) is 13.0 Å². The van der Waals surface area contributed by atoms with E-state index in [0.717, 1.165) is 58.5 Å². The highest BCUT2D eigenvalue weighted by Gasteiger charge is 2.46. The Hall–Kier alpha value is -6.50. The van der Waals surface area contributed by atoms with Crippen LogP contribution in [0, 0.1) is 17.7 Å². The number of amides is 6. The molecule has 1 aromatic heterocycles. The summed E-state index contributed by atoms with van der Waals surface area (Å²) in [6, 6.07) is 17.7. The van der Waals surface area contributed by atoms with E-state index >= 15 is 0 Å². The smallest absolute Gasteiger partial charge is 0.266 e. The van der Waals surface area contributed by atoms with E-state index in [2.05, 4.69) is 27.9 Å². The number of likely N-dealkylation sites (tertiary alicyclic amines) is 1. The molecular formula is C51H59FN6O11. The minimum absolute atomic E-state index is 0.000416. The van der Waals surface area contributed by atoms with Crippen molar-refractivity contribution in [3.05, 3.63) is 95.4 Å². The standard InChI is InChI=1S/C51H59FN6O11/c1-31(32-5-7-33(8-6-32)38-17-21-53-41-14-9-34(52)29-40(38)41)48(62)55-35-10-12-36(13-11-35)69-37-18-23-57(24-19-37)46(61)20-25-66-27-28-67-26-22-54-45(60)30-68-43-4-2-3-39-47(43)51(65)58(50(39)64)42-15-16-44(59)56-49(42)63/h2-4,9-14,17,21,29,31-33,37,42,48,55,62H,5-8,15-16,18-20,22-28,30H2,1H3,(H,54,60)(H,56,59,63)/t31-,32-,33+,42?,48?/m1/s1. The highest BCUT2D eigenvalue weighted by molar-refractivity contribution is 6.24. The number of nitrogens with zero attached hydrogens (tertiary/aromatic N) is 3. The van der Waals surface area contributed by atoms with Gasteiger partial charge in [0.2, 0.25) is 17.7 Å². The van der Waals surface area contributed by atoms with E-state index in [4.69, 9.17) is 18.9 Å². The Morgan fingerprint density at radius 3 is 2.39 bits per heavy atom. The zero-order chi connectivity index (χ0) is 48.4. The SMILES string of the molecule is C[C@@H](C(O)Nc1ccc(OC2CCN(C(=O)CCOCCOCCNC(=O)COc3cccc4c3C(=O)N(C3CCC(=O)NC3=O)C4=O)CC2)cc1)[C@H]1CC[C@@H](c2ccnc3ccc(F)cc32)CC1. The van der Waals surface area contributed by atoms with E-state index in [-0.39, 0.29) is 92.9 Å². The molecule has 4 N–H and O–H groups in total. The predicted molar refractivity (Wildman–Crippen MR) is 250 cm³/mol. The van der Waals surface area contributed by atoms with Crippen LogP contribution in [0.15, 0.2) is 72.9 Å². The van der Waals surface area contributed by atoms with Crippen LogP contribution in [-0.2, 0) is 28.7 Å². The molecule has 0 bridgehead atoms. The number of carbonyl (C=O) groups excluding carboxylic acids is 6. The van der Waals surface area contributed by atoms with E-state index in [1.807, 2.05) is 41.4 Å². The van der Waals surface area contributed by atoms with Crippen molar-refractivity contribution < 1.29 is 57.2 Å². The molecule has 3 atom stereocenters. The molecule has 3 fully saturated rings. The molecule has 69 heavy (non-hydrogen) atoms. The number of piperidine rings is 2. The quantitative estimate of drug-likeness (QED) is 0.0516. The van der Waals surface area contributed by atoms with Crippen LogP contribution in [0.1, 0.15) is 96.9 Å². The van der Waals surface area contributed by atoms with Gasteiger partial charge in [0.25, 0.3) is 17.7 Å². The summed E-state index contributed by atoms with van der Waals surface area (Å²) in [5, 5.41) is 20.1. The van der Waals surface area contributed by atoms with Gasteiger partial charge in [0.05, 0.1) is 49.5 Å². The van der Waals surface area contributed by atoms with Crippen molar-refractivity contribution >= 4 is 52.0 Å². The second-order valence-electron chi connectivity index (χ2n) is 18.1. The maximum absolute atomic E-state index is 14.1. The van der Waals surface area contributed by atoms with E-state index in [1.165, 1.54) is 24.3 Å². The van der Waals surface area contributed by atoms with Crippen LogP contribution in [0.25, 0.3) is 10.9 Å². The number of hydrogen-bond donors (Lipinski definition) is 4. The second kappa shape index (κ2) is 22.7. The Balaban J connectivity index is 0.649. The van der Waals surface area contributed by atoms with Gasteiger partial charge in [-0.05, 0) is 110 Å². The molecule has 4 aromatic rings. The zero-order valence-electron chi connectivity index (χ0n) is 38.7. The third-order valence-corrected chi connectivity index (χ3v) is 13.6. The number of aromatic nitrogens is 1. The Labute approximate surface area is 399 Å². The maximum Gasteiger partial charge on any atom is 0.266 e. The summed E-state index contributed by atoms with van der Waals surface area (Å²) >= 11 is 0. The number of carbonyl (C=O) groups is 6. The summed E-state index contributed by atoms with van der Waals surface area (Å²) in [4.78, 5) is 82.5. The Morgan fingerprint density at radius 2 is 1.64 bits per heavy atom. The van der Waals surface area contributed by atoms with Crippen LogP contribution < -0.4 is 25.4 Å². The van der Waals surface area contributed by atoms with E-state index in [0.29, 0.717) is 37.8 Å². The minimum atomic E-state index is -1.11. The van der Waals surface area contributed by atoms with E-state index in [9.17, 15) is 38.3 Å². The van der Waals surface area contributed by atoms with Crippen molar-refractivity contribution in [1.29, 1.82) is 0 Å². The van der Waals surface area contributed by atoms with E-state index < -0.39 is 48.4 Å². The molecule has 0 radical (unpaired) electrons. The molecule has 2 saturated heterocycles. The predicted octanol–water partition coefficient (Wildman–Crippen LogP) is 5.10. The third kappa shape index (κ3) is 12.0. The number of benzene rings is 3. The summed E-state index contributed by atoms with van der Waals surface area (Å²) in [6.07, 6.45) is 6.67. The van der Waals surface area contributed by atoms with Gasteiger partial charge >= 0.3 is 0 Å². The van der Waals surface area contributed by atoms with Crippen LogP contribution in [0.5, 0.6) is 11.5 Å². The number of rotatable bonds is 20. The van der Waals surface area contributed by atoms with Crippen LogP contribution in [-0.4, -0.2) is 126 Å². The normalized spacial score (nSPS) is 20.6. The van der Waals surface area contributed by atoms with Gasteiger partial charge in [0.15, 0.2) is 6.61 Å². The van der Waals surface area contributed by atoms with Crippen LogP contribution in [0.2, 0.25) is 0 Å². The molecule has 4 heterocycles. The lowest BCUT2D eigenvalue weighted by atomic mass is 9.73. The molecule has 6 amide bonds. The highest BCUT2D eigenvalue weighted by Crippen LogP contribution is 2.42. The first-order chi connectivity index (χ1) is 33.4. The first-order valence-corrected chi connectivity index (χ1v) is 23.9. The molecule has 3 aliphatic heterocycles. The zero-order valence-corrected chi connectivity index (χ0v) is 38.7. The lowest BCUT2D eigenvalue weighted by molar-refractivity contribution is -0.136. The Bertz CT molecular complexity index is 2510. The van der Waals surface area contributed by atoms with Crippen LogP contribution in [0.3, 0.4) is 0 Å². The number of ether oxygens (including phenoxy) is 4. The molecule has 1 saturated carbocycles. The molecule has 0 spiro atoms. The van der Waals surface area contributed by atoms with Gasteiger partial charge in [-0.15, -0.1) is 0 Å². The monoisotopic (exact) mass is 950 g/mol. The molecule has 1 aliphatic carbocycles. The lowest BCUT2D eigenvalue weighted by Crippen LogP contribution is -2.54. The maximum atomic E-state index is 14.1. The van der Waals surface area contributed by atoms with Crippen molar-refractivity contribution in [1.82, 2.24) is 25.4 Å². The summed E-state index contributed by atoms with van der Waals surface area (Å²) in [7, 11) is 0. The van der Waals surface area contributed by atoms with Gasteiger partial charge in [0.1, 0.15) is 35.7 Å². The average Bonchev–Trinajstić information content (AvgIpc) is 3.61. The van der Waals surface area contributed by atoms with Crippen molar-refractivity contribution in [3.63, 3.8) is 0 Å².